The molecule has 2 N–H and O–H groups in total. The molecule has 2 aromatic heterocycles. The van der Waals surface area contributed by atoms with E-state index in [0.717, 1.165) is 46.6 Å². The van der Waals surface area contributed by atoms with Crippen molar-refractivity contribution in [3.05, 3.63) is 34.4 Å². The Kier molecular flexibility index (Phi) is 5.67. The number of carbonyl (C=O) groups excluding carboxylic acids is 1. The van der Waals surface area contributed by atoms with Gasteiger partial charge in [0.1, 0.15) is 0 Å². The standard InChI is InChI=1S/C20H26ClN3OS/c21-19-6-5-18(26-19)16-11-22-12-17(16)20(25)23-15-7-9-24(10-8-15)13-14-3-1-2-4-14/h5-6,11-12,14-15,22H,1-4,7-10,13H2,(H,23,25). The number of piperidine rings is 1. The van der Waals surface area contributed by atoms with Crippen molar-refractivity contribution in [2.24, 2.45) is 5.92 Å². The summed E-state index contributed by atoms with van der Waals surface area (Å²) in [6, 6.07) is 4.11. The van der Waals surface area contributed by atoms with E-state index in [1.807, 2.05) is 18.3 Å². The molecular formula is C20H26ClN3OS. The van der Waals surface area contributed by atoms with E-state index in [9.17, 15) is 4.79 Å². The number of halogens is 1. The Morgan fingerprint density at radius 3 is 2.65 bits per heavy atom. The van der Waals surface area contributed by atoms with E-state index < -0.39 is 0 Å². The normalized spacial score (nSPS) is 19.9. The lowest BCUT2D eigenvalue weighted by Gasteiger charge is -2.33. The number of nitrogens with one attached hydrogen (secondary N) is 2. The molecule has 1 amide bonds. The van der Waals surface area contributed by atoms with Gasteiger partial charge in [0.25, 0.3) is 5.91 Å². The van der Waals surface area contributed by atoms with E-state index in [1.54, 1.807) is 6.20 Å². The molecule has 0 unspecified atom stereocenters. The summed E-state index contributed by atoms with van der Waals surface area (Å²) in [5.74, 6) is 0.918. The van der Waals surface area contributed by atoms with Crippen LogP contribution >= 0.6 is 22.9 Å². The number of aromatic nitrogens is 1. The Hall–Kier alpha value is -1.30. The van der Waals surface area contributed by atoms with Gasteiger partial charge in [-0.1, -0.05) is 24.4 Å². The van der Waals surface area contributed by atoms with Crippen molar-refractivity contribution < 1.29 is 4.79 Å². The van der Waals surface area contributed by atoms with Gasteiger partial charge in [-0.3, -0.25) is 4.79 Å². The van der Waals surface area contributed by atoms with E-state index in [-0.39, 0.29) is 11.9 Å². The Balaban J connectivity index is 1.31. The Labute approximate surface area is 163 Å². The van der Waals surface area contributed by atoms with Crippen molar-refractivity contribution in [1.82, 2.24) is 15.2 Å². The number of hydrogen-bond acceptors (Lipinski definition) is 3. The van der Waals surface area contributed by atoms with Crippen molar-refractivity contribution in [3.8, 4) is 10.4 Å². The number of H-pyrrole nitrogens is 1. The van der Waals surface area contributed by atoms with E-state index in [4.69, 9.17) is 11.6 Å². The molecule has 1 saturated heterocycles. The second-order valence-electron chi connectivity index (χ2n) is 7.59. The van der Waals surface area contributed by atoms with Crippen molar-refractivity contribution in [3.63, 3.8) is 0 Å². The first-order valence-electron chi connectivity index (χ1n) is 9.65. The highest BCUT2D eigenvalue weighted by atomic mass is 35.5. The molecule has 3 heterocycles. The Bertz CT molecular complexity index is 742. The molecule has 2 aromatic rings. The summed E-state index contributed by atoms with van der Waals surface area (Å²) in [5.41, 5.74) is 1.63. The maximum atomic E-state index is 12.8. The molecule has 1 aliphatic heterocycles. The molecule has 4 rings (SSSR count). The van der Waals surface area contributed by atoms with Gasteiger partial charge in [-0.25, -0.2) is 0 Å². The summed E-state index contributed by atoms with van der Waals surface area (Å²) in [7, 11) is 0. The molecule has 0 bridgehead atoms. The highest BCUT2D eigenvalue weighted by Crippen LogP contribution is 2.33. The molecule has 1 saturated carbocycles. The van der Waals surface area contributed by atoms with Crippen LogP contribution in [0, 0.1) is 5.92 Å². The van der Waals surface area contributed by atoms with Crippen LogP contribution < -0.4 is 5.32 Å². The minimum Gasteiger partial charge on any atom is -0.366 e. The van der Waals surface area contributed by atoms with Crippen LogP contribution in [0.2, 0.25) is 4.34 Å². The van der Waals surface area contributed by atoms with Gasteiger partial charge in [-0.2, -0.15) is 0 Å². The summed E-state index contributed by atoms with van der Waals surface area (Å²) < 4.78 is 0.738. The second-order valence-corrected chi connectivity index (χ2v) is 9.30. The number of carbonyl (C=O) groups is 1. The molecule has 4 nitrogen and oxygen atoms in total. The van der Waals surface area contributed by atoms with Gasteiger partial charge in [-0.05, 0) is 43.7 Å². The van der Waals surface area contributed by atoms with Crippen LogP contribution in [0.1, 0.15) is 48.9 Å². The first-order chi connectivity index (χ1) is 12.7. The molecule has 0 atom stereocenters. The zero-order valence-corrected chi connectivity index (χ0v) is 16.5. The van der Waals surface area contributed by atoms with E-state index >= 15 is 0 Å². The van der Waals surface area contributed by atoms with Crippen LogP contribution in [0.5, 0.6) is 0 Å². The van der Waals surface area contributed by atoms with E-state index in [1.165, 1.54) is 43.6 Å². The lowest BCUT2D eigenvalue weighted by atomic mass is 10.0. The molecular weight excluding hydrogens is 366 g/mol. The van der Waals surface area contributed by atoms with Crippen LogP contribution in [-0.2, 0) is 0 Å². The Morgan fingerprint density at radius 2 is 1.96 bits per heavy atom. The fourth-order valence-electron chi connectivity index (χ4n) is 4.30. The minimum atomic E-state index is 0.0139. The zero-order valence-electron chi connectivity index (χ0n) is 15.0. The molecule has 0 aromatic carbocycles. The van der Waals surface area contributed by atoms with Crippen LogP contribution in [0.25, 0.3) is 10.4 Å². The molecule has 0 radical (unpaired) electrons. The maximum Gasteiger partial charge on any atom is 0.253 e. The average molecular weight is 392 g/mol. The number of amides is 1. The topological polar surface area (TPSA) is 48.1 Å². The molecule has 2 fully saturated rings. The van der Waals surface area contributed by atoms with Gasteiger partial charge in [-0.15, -0.1) is 11.3 Å². The van der Waals surface area contributed by atoms with Crippen molar-refractivity contribution in [1.29, 1.82) is 0 Å². The van der Waals surface area contributed by atoms with Gasteiger partial charge in [0.05, 0.1) is 9.90 Å². The largest absolute Gasteiger partial charge is 0.366 e. The summed E-state index contributed by atoms with van der Waals surface area (Å²) in [5, 5.41) is 3.24. The van der Waals surface area contributed by atoms with Crippen LogP contribution in [0.4, 0.5) is 0 Å². The number of hydrogen-bond donors (Lipinski definition) is 2. The number of thiophene rings is 1. The van der Waals surface area contributed by atoms with Crippen LogP contribution in [0.15, 0.2) is 24.5 Å². The monoisotopic (exact) mass is 391 g/mol. The third kappa shape index (κ3) is 4.16. The summed E-state index contributed by atoms with van der Waals surface area (Å²) in [6.45, 7) is 3.45. The Morgan fingerprint density at radius 1 is 1.19 bits per heavy atom. The highest BCUT2D eigenvalue weighted by molar-refractivity contribution is 7.19. The third-order valence-electron chi connectivity index (χ3n) is 5.74. The second kappa shape index (κ2) is 8.15. The number of likely N-dealkylation sites (tertiary alicyclic amines) is 1. The lowest BCUT2D eigenvalue weighted by molar-refractivity contribution is 0.0906. The zero-order chi connectivity index (χ0) is 17.9. The van der Waals surface area contributed by atoms with Crippen LogP contribution in [-0.4, -0.2) is 41.5 Å². The number of nitrogens with zero attached hydrogens (tertiary/aromatic N) is 1. The first-order valence-corrected chi connectivity index (χ1v) is 10.8. The van der Waals surface area contributed by atoms with Crippen molar-refractivity contribution in [2.75, 3.05) is 19.6 Å². The van der Waals surface area contributed by atoms with E-state index in [2.05, 4.69) is 15.2 Å². The molecule has 6 heteroatoms. The smallest absolute Gasteiger partial charge is 0.253 e. The highest BCUT2D eigenvalue weighted by Gasteiger charge is 2.25. The van der Waals surface area contributed by atoms with E-state index in [0.29, 0.717) is 5.56 Å². The number of rotatable bonds is 5. The fraction of sp³-hybridized carbons (Fsp3) is 0.550. The van der Waals surface area contributed by atoms with Crippen LogP contribution in [0.3, 0.4) is 0 Å². The molecule has 1 aliphatic carbocycles. The van der Waals surface area contributed by atoms with Crippen molar-refractivity contribution >= 4 is 28.8 Å². The summed E-state index contributed by atoms with van der Waals surface area (Å²) in [6.07, 6.45) is 11.4. The summed E-state index contributed by atoms with van der Waals surface area (Å²) >= 11 is 7.54. The predicted octanol–water partition coefficient (Wildman–Crippen LogP) is 4.78. The molecule has 140 valence electrons. The SMILES string of the molecule is O=C(NC1CCN(CC2CCCC2)CC1)c1c[nH]cc1-c1ccc(Cl)s1. The summed E-state index contributed by atoms with van der Waals surface area (Å²) in [4.78, 5) is 19.4. The lowest BCUT2D eigenvalue weighted by Crippen LogP contribution is -2.45. The van der Waals surface area contributed by atoms with Gasteiger partial charge >= 0.3 is 0 Å². The first kappa shape index (κ1) is 18.1. The van der Waals surface area contributed by atoms with Gasteiger partial charge in [0, 0.05) is 48.5 Å². The number of aromatic amines is 1. The molecule has 26 heavy (non-hydrogen) atoms. The fourth-order valence-corrected chi connectivity index (χ4v) is 5.37. The predicted molar refractivity (Wildman–Crippen MR) is 108 cm³/mol. The third-order valence-corrected chi connectivity index (χ3v) is 7.01. The van der Waals surface area contributed by atoms with Gasteiger partial charge in [0.2, 0.25) is 0 Å². The molecule has 2 aliphatic rings. The van der Waals surface area contributed by atoms with Gasteiger partial charge in [0.15, 0.2) is 0 Å². The van der Waals surface area contributed by atoms with Gasteiger partial charge < -0.3 is 15.2 Å². The quantitative estimate of drug-likeness (QED) is 0.770. The van der Waals surface area contributed by atoms with Crippen molar-refractivity contribution in [2.45, 2.75) is 44.6 Å². The maximum absolute atomic E-state index is 12.8. The average Bonchev–Trinajstić information content (AvgIpc) is 3.37. The molecule has 0 spiro atoms. The minimum absolute atomic E-state index is 0.0139.